The van der Waals surface area contributed by atoms with Gasteiger partial charge in [-0.25, -0.2) is 0 Å². The van der Waals surface area contributed by atoms with Crippen LogP contribution < -0.4 is 5.32 Å². The van der Waals surface area contributed by atoms with Gasteiger partial charge in [0.2, 0.25) is 0 Å². The molecule has 0 heterocycles. The van der Waals surface area contributed by atoms with Crippen molar-refractivity contribution in [2.24, 2.45) is 0 Å². The SMILES string of the molecule is CCCCSc1ccc(CNCC)c(C)c1. The number of rotatable bonds is 7. The number of aryl methyl sites for hydroxylation is 1. The van der Waals surface area contributed by atoms with Crippen LogP contribution in [-0.4, -0.2) is 12.3 Å². The van der Waals surface area contributed by atoms with Crippen molar-refractivity contribution in [2.45, 2.75) is 45.1 Å². The molecule has 1 nitrogen and oxygen atoms in total. The first-order chi connectivity index (χ1) is 7.77. The van der Waals surface area contributed by atoms with Gasteiger partial charge in [-0.1, -0.05) is 26.3 Å². The van der Waals surface area contributed by atoms with Gasteiger partial charge >= 0.3 is 0 Å². The van der Waals surface area contributed by atoms with Gasteiger partial charge in [0.15, 0.2) is 0 Å². The molecular weight excluding hydrogens is 214 g/mol. The van der Waals surface area contributed by atoms with Crippen LogP contribution in [0.25, 0.3) is 0 Å². The van der Waals surface area contributed by atoms with E-state index in [9.17, 15) is 0 Å². The number of thioether (sulfide) groups is 1. The Bertz CT molecular complexity index is 310. The largest absolute Gasteiger partial charge is 0.313 e. The highest BCUT2D eigenvalue weighted by atomic mass is 32.2. The molecular formula is C14H23NS. The predicted octanol–water partition coefficient (Wildman–Crippen LogP) is 4.00. The summed E-state index contributed by atoms with van der Waals surface area (Å²) in [7, 11) is 0. The summed E-state index contributed by atoms with van der Waals surface area (Å²) in [5.41, 5.74) is 2.82. The van der Waals surface area contributed by atoms with Crippen molar-refractivity contribution in [3.8, 4) is 0 Å². The van der Waals surface area contributed by atoms with Crippen molar-refractivity contribution in [1.29, 1.82) is 0 Å². The molecule has 0 aliphatic heterocycles. The first kappa shape index (κ1) is 13.6. The third-order valence-corrected chi connectivity index (χ3v) is 3.73. The first-order valence-electron chi connectivity index (χ1n) is 6.21. The molecule has 0 saturated heterocycles. The summed E-state index contributed by atoms with van der Waals surface area (Å²) in [4.78, 5) is 1.41. The number of hydrogen-bond donors (Lipinski definition) is 1. The van der Waals surface area contributed by atoms with Crippen LogP contribution in [0.5, 0.6) is 0 Å². The molecule has 0 atom stereocenters. The summed E-state index contributed by atoms with van der Waals surface area (Å²) in [6.45, 7) is 8.61. The standard InChI is InChI=1S/C14H23NS/c1-4-6-9-16-14-8-7-13(11-15-5-2)12(3)10-14/h7-8,10,15H,4-6,9,11H2,1-3H3. The van der Waals surface area contributed by atoms with E-state index in [0.717, 1.165) is 13.1 Å². The second-order valence-corrected chi connectivity index (χ2v) is 5.24. The third-order valence-electron chi connectivity index (χ3n) is 2.65. The van der Waals surface area contributed by atoms with E-state index in [1.807, 2.05) is 11.8 Å². The molecule has 2 heteroatoms. The lowest BCUT2D eigenvalue weighted by Gasteiger charge is -2.08. The quantitative estimate of drug-likeness (QED) is 0.568. The summed E-state index contributed by atoms with van der Waals surface area (Å²) in [5.74, 6) is 1.24. The number of unbranched alkanes of at least 4 members (excludes halogenated alkanes) is 1. The van der Waals surface area contributed by atoms with Gasteiger partial charge in [-0.05, 0) is 48.9 Å². The van der Waals surface area contributed by atoms with Gasteiger partial charge in [-0.15, -0.1) is 11.8 Å². The van der Waals surface area contributed by atoms with Crippen LogP contribution in [0.4, 0.5) is 0 Å². The van der Waals surface area contributed by atoms with Crippen molar-refractivity contribution in [3.05, 3.63) is 29.3 Å². The topological polar surface area (TPSA) is 12.0 Å². The smallest absolute Gasteiger partial charge is 0.0208 e. The maximum Gasteiger partial charge on any atom is 0.0208 e. The molecule has 1 rings (SSSR count). The van der Waals surface area contributed by atoms with E-state index in [4.69, 9.17) is 0 Å². The second-order valence-electron chi connectivity index (χ2n) is 4.07. The first-order valence-corrected chi connectivity index (χ1v) is 7.19. The molecule has 0 aliphatic rings. The van der Waals surface area contributed by atoms with Gasteiger partial charge in [0.1, 0.15) is 0 Å². The molecule has 0 amide bonds. The Morgan fingerprint density at radius 1 is 1.25 bits per heavy atom. The number of nitrogens with one attached hydrogen (secondary N) is 1. The normalized spacial score (nSPS) is 10.7. The Labute approximate surface area is 104 Å². The van der Waals surface area contributed by atoms with Gasteiger partial charge in [-0.3, -0.25) is 0 Å². The van der Waals surface area contributed by atoms with Gasteiger partial charge in [0.05, 0.1) is 0 Å². The van der Waals surface area contributed by atoms with Crippen LogP contribution in [0.1, 0.15) is 37.8 Å². The van der Waals surface area contributed by atoms with Gasteiger partial charge < -0.3 is 5.32 Å². The molecule has 0 aromatic heterocycles. The van der Waals surface area contributed by atoms with E-state index in [1.165, 1.54) is 34.6 Å². The maximum atomic E-state index is 3.37. The van der Waals surface area contributed by atoms with Crippen molar-refractivity contribution >= 4 is 11.8 Å². The maximum absolute atomic E-state index is 3.37. The average Bonchev–Trinajstić information content (AvgIpc) is 2.28. The third kappa shape index (κ3) is 4.58. The highest BCUT2D eigenvalue weighted by Gasteiger charge is 2.00. The molecule has 16 heavy (non-hydrogen) atoms. The number of benzene rings is 1. The summed E-state index contributed by atoms with van der Waals surface area (Å²) in [5, 5.41) is 3.37. The number of hydrogen-bond acceptors (Lipinski definition) is 2. The predicted molar refractivity (Wildman–Crippen MR) is 74.2 cm³/mol. The van der Waals surface area contributed by atoms with Crippen LogP contribution in [-0.2, 0) is 6.54 Å². The van der Waals surface area contributed by atoms with Crippen LogP contribution in [0.15, 0.2) is 23.1 Å². The van der Waals surface area contributed by atoms with E-state index in [1.54, 1.807) is 0 Å². The molecule has 0 fully saturated rings. The molecule has 0 radical (unpaired) electrons. The lowest BCUT2D eigenvalue weighted by Crippen LogP contribution is -2.12. The summed E-state index contributed by atoms with van der Waals surface area (Å²) in [6, 6.07) is 6.82. The second kappa shape index (κ2) is 7.75. The Morgan fingerprint density at radius 2 is 2.06 bits per heavy atom. The van der Waals surface area contributed by atoms with Gasteiger partial charge in [0, 0.05) is 11.4 Å². The summed E-state index contributed by atoms with van der Waals surface area (Å²) in [6.07, 6.45) is 2.59. The van der Waals surface area contributed by atoms with E-state index in [-0.39, 0.29) is 0 Å². The zero-order valence-corrected chi connectivity index (χ0v) is 11.5. The summed E-state index contributed by atoms with van der Waals surface area (Å²) >= 11 is 1.97. The van der Waals surface area contributed by atoms with Crippen LogP contribution >= 0.6 is 11.8 Å². The molecule has 0 saturated carbocycles. The van der Waals surface area contributed by atoms with E-state index in [0.29, 0.717) is 0 Å². The van der Waals surface area contributed by atoms with E-state index < -0.39 is 0 Å². The lowest BCUT2D eigenvalue weighted by molar-refractivity contribution is 0.723. The van der Waals surface area contributed by atoms with E-state index in [2.05, 4.69) is 44.3 Å². The van der Waals surface area contributed by atoms with Gasteiger partial charge in [0.25, 0.3) is 0 Å². The zero-order valence-electron chi connectivity index (χ0n) is 10.7. The van der Waals surface area contributed by atoms with Crippen molar-refractivity contribution in [2.75, 3.05) is 12.3 Å². The van der Waals surface area contributed by atoms with Crippen molar-refractivity contribution in [1.82, 2.24) is 5.32 Å². The fraction of sp³-hybridized carbons (Fsp3) is 0.571. The van der Waals surface area contributed by atoms with Crippen molar-refractivity contribution < 1.29 is 0 Å². The molecule has 0 unspecified atom stereocenters. The lowest BCUT2D eigenvalue weighted by atomic mass is 10.1. The minimum Gasteiger partial charge on any atom is -0.313 e. The Morgan fingerprint density at radius 3 is 2.69 bits per heavy atom. The molecule has 1 N–H and O–H groups in total. The average molecular weight is 237 g/mol. The molecule has 0 bridgehead atoms. The minimum absolute atomic E-state index is 0.988. The highest BCUT2D eigenvalue weighted by Crippen LogP contribution is 2.22. The van der Waals surface area contributed by atoms with Crippen LogP contribution in [0.2, 0.25) is 0 Å². The summed E-state index contributed by atoms with van der Waals surface area (Å²) < 4.78 is 0. The Balaban J connectivity index is 2.53. The van der Waals surface area contributed by atoms with Crippen LogP contribution in [0.3, 0.4) is 0 Å². The Kier molecular flexibility index (Phi) is 6.58. The fourth-order valence-electron chi connectivity index (χ4n) is 1.55. The molecule has 0 spiro atoms. The monoisotopic (exact) mass is 237 g/mol. The zero-order chi connectivity index (χ0) is 11.8. The minimum atomic E-state index is 0.988. The van der Waals surface area contributed by atoms with E-state index >= 15 is 0 Å². The highest BCUT2D eigenvalue weighted by molar-refractivity contribution is 7.99. The molecule has 0 aliphatic carbocycles. The van der Waals surface area contributed by atoms with Crippen molar-refractivity contribution in [3.63, 3.8) is 0 Å². The molecule has 1 aromatic rings. The fourth-order valence-corrected chi connectivity index (χ4v) is 2.64. The van der Waals surface area contributed by atoms with Gasteiger partial charge in [-0.2, -0.15) is 0 Å². The molecule has 1 aromatic carbocycles. The van der Waals surface area contributed by atoms with Crippen LogP contribution in [0, 0.1) is 6.92 Å². The molecule has 90 valence electrons. The Hall–Kier alpha value is -0.470.